The Labute approximate surface area is 99.2 Å². The highest BCUT2D eigenvalue weighted by molar-refractivity contribution is 7.53. The average Bonchev–Trinajstić information content (AvgIpc) is 2.26. The molecule has 4 nitrogen and oxygen atoms in total. The number of hydrogen-bond donors (Lipinski definition) is 3. The fraction of sp³-hybridized carbons (Fsp3) is 1.00. The van der Waals surface area contributed by atoms with E-state index in [1.165, 1.54) is 0 Å². The van der Waals surface area contributed by atoms with Crippen LogP contribution in [-0.2, 0) is 4.57 Å². The number of aliphatic hydroxyl groups excluding tert-OH is 1. The summed E-state index contributed by atoms with van der Waals surface area (Å²) in [5.41, 5.74) is 0. The van der Waals surface area contributed by atoms with E-state index in [0.717, 1.165) is 26.4 Å². The Morgan fingerprint density at radius 1 is 1.00 bits per heavy atom. The molecule has 0 radical (unpaired) electrons. The van der Waals surface area contributed by atoms with Crippen LogP contribution < -0.4 is 0 Å². The highest BCUT2D eigenvalue weighted by Crippen LogP contribution is 2.56. The van der Waals surface area contributed by atoms with Crippen molar-refractivity contribution in [2.45, 2.75) is 64.5 Å². The molecule has 16 heavy (non-hydrogen) atoms. The molecule has 0 aromatic heterocycles. The molecule has 0 spiro atoms. The zero-order valence-corrected chi connectivity index (χ0v) is 11.8. The second-order valence-electron chi connectivity index (χ2n) is 3.93. The van der Waals surface area contributed by atoms with Crippen molar-refractivity contribution >= 4 is 7.60 Å². The molecule has 0 saturated heterocycles. The normalized spacial score (nSPS) is 11.9. The van der Waals surface area contributed by atoms with Crippen LogP contribution in [0.25, 0.3) is 0 Å². The molecule has 100 valence electrons. The van der Waals surface area contributed by atoms with E-state index < -0.39 is 12.8 Å². The van der Waals surface area contributed by atoms with Gasteiger partial charge in [0.05, 0.1) is 5.16 Å². The van der Waals surface area contributed by atoms with Crippen molar-refractivity contribution in [3.8, 4) is 0 Å². The van der Waals surface area contributed by atoms with Gasteiger partial charge < -0.3 is 14.9 Å². The maximum atomic E-state index is 11.4. The van der Waals surface area contributed by atoms with E-state index >= 15 is 0 Å². The molecule has 0 aliphatic heterocycles. The minimum atomic E-state index is -3.95. The summed E-state index contributed by atoms with van der Waals surface area (Å²) >= 11 is 0. The van der Waals surface area contributed by atoms with E-state index in [1.54, 1.807) is 0 Å². The zero-order chi connectivity index (χ0) is 13.2. The Hall–Kier alpha value is 0.110. The molecule has 0 unspecified atom stereocenters. The first kappa shape index (κ1) is 18.5. The monoisotopic (exact) mass is 254 g/mol. The van der Waals surface area contributed by atoms with Gasteiger partial charge in [0.15, 0.2) is 0 Å². The van der Waals surface area contributed by atoms with Gasteiger partial charge in [0, 0.05) is 7.11 Å². The smallest absolute Gasteiger partial charge is 0.331 e. The van der Waals surface area contributed by atoms with E-state index in [-0.39, 0.29) is 0 Å². The summed E-state index contributed by atoms with van der Waals surface area (Å²) in [4.78, 5) is 18.7. The summed E-state index contributed by atoms with van der Waals surface area (Å²) in [6.45, 7) is 5.83. The van der Waals surface area contributed by atoms with Crippen LogP contribution in [0, 0.1) is 0 Å². The maximum Gasteiger partial charge on any atom is 0.331 e. The fourth-order valence-electron chi connectivity index (χ4n) is 1.87. The molecule has 0 amide bonds. The van der Waals surface area contributed by atoms with Gasteiger partial charge in [-0.1, -0.05) is 40.0 Å². The summed E-state index contributed by atoms with van der Waals surface area (Å²) in [5.74, 6) is 0. The van der Waals surface area contributed by atoms with E-state index in [4.69, 9.17) is 5.11 Å². The topological polar surface area (TPSA) is 77.8 Å². The average molecular weight is 254 g/mol. The molecule has 0 atom stereocenters. The maximum absolute atomic E-state index is 11.4. The molecular weight excluding hydrogens is 227 g/mol. The first-order valence-electron chi connectivity index (χ1n) is 5.94. The molecule has 0 bridgehead atoms. The molecule has 0 saturated carbocycles. The minimum Gasteiger partial charge on any atom is -0.400 e. The van der Waals surface area contributed by atoms with E-state index in [0.29, 0.717) is 19.3 Å². The lowest BCUT2D eigenvalue weighted by molar-refractivity contribution is 0.300. The van der Waals surface area contributed by atoms with Gasteiger partial charge in [0.25, 0.3) is 0 Å². The van der Waals surface area contributed by atoms with Crippen molar-refractivity contribution in [2.24, 2.45) is 0 Å². The van der Waals surface area contributed by atoms with E-state index in [9.17, 15) is 14.4 Å². The summed E-state index contributed by atoms with van der Waals surface area (Å²) in [7, 11) is -2.95. The molecule has 0 rings (SSSR count). The summed E-state index contributed by atoms with van der Waals surface area (Å²) < 4.78 is 11.4. The van der Waals surface area contributed by atoms with Gasteiger partial charge in [0.1, 0.15) is 0 Å². The summed E-state index contributed by atoms with van der Waals surface area (Å²) in [6.07, 6.45) is 4.85. The third-order valence-electron chi connectivity index (χ3n) is 3.18. The first-order chi connectivity index (χ1) is 7.43. The molecule has 5 heteroatoms. The Morgan fingerprint density at radius 3 is 1.69 bits per heavy atom. The van der Waals surface area contributed by atoms with Crippen molar-refractivity contribution in [3.63, 3.8) is 0 Å². The first-order valence-corrected chi connectivity index (χ1v) is 7.55. The summed E-state index contributed by atoms with van der Waals surface area (Å²) in [6, 6.07) is 0. The molecular formula is C11H27O4P. The minimum absolute atomic E-state index is 0.567. The third kappa shape index (κ3) is 5.44. The van der Waals surface area contributed by atoms with Gasteiger partial charge in [-0.3, -0.25) is 4.57 Å². The molecule has 0 aromatic carbocycles. The predicted molar refractivity (Wildman–Crippen MR) is 67.6 cm³/mol. The zero-order valence-electron chi connectivity index (χ0n) is 10.9. The summed E-state index contributed by atoms with van der Waals surface area (Å²) in [5, 5.41) is 6.24. The van der Waals surface area contributed by atoms with Gasteiger partial charge in [-0.2, -0.15) is 0 Å². The molecule has 0 aromatic rings. The van der Waals surface area contributed by atoms with Crippen molar-refractivity contribution in [3.05, 3.63) is 0 Å². The van der Waals surface area contributed by atoms with Crippen molar-refractivity contribution in [1.29, 1.82) is 0 Å². The van der Waals surface area contributed by atoms with Gasteiger partial charge in [-0.05, 0) is 19.3 Å². The largest absolute Gasteiger partial charge is 0.400 e. The van der Waals surface area contributed by atoms with Gasteiger partial charge >= 0.3 is 7.60 Å². The lowest BCUT2D eigenvalue weighted by Crippen LogP contribution is -2.27. The SMILES string of the molecule is CCCCCC(CC)(CC)P(=O)(O)O.CO. The van der Waals surface area contributed by atoms with Gasteiger partial charge in [0.2, 0.25) is 0 Å². The third-order valence-corrected chi connectivity index (χ3v) is 5.27. The Balaban J connectivity index is 0. The van der Waals surface area contributed by atoms with E-state index in [2.05, 4.69) is 6.92 Å². The Kier molecular flexibility index (Phi) is 10.6. The Bertz CT molecular complexity index is 196. The van der Waals surface area contributed by atoms with Crippen molar-refractivity contribution in [2.75, 3.05) is 7.11 Å². The van der Waals surface area contributed by atoms with Crippen molar-refractivity contribution in [1.82, 2.24) is 0 Å². The quantitative estimate of drug-likeness (QED) is 0.482. The molecule has 0 aliphatic carbocycles. The number of unbranched alkanes of at least 4 members (excludes halogenated alkanes) is 2. The standard InChI is InChI=1S/C10H23O3P.CH4O/c1-4-7-8-9-10(5-2,6-3)14(11,12)13;1-2/h4-9H2,1-3H3,(H2,11,12,13);2H,1H3. The van der Waals surface area contributed by atoms with E-state index in [1.807, 2.05) is 13.8 Å². The fourth-order valence-corrected chi connectivity index (χ4v) is 3.14. The van der Waals surface area contributed by atoms with Crippen molar-refractivity contribution < 1.29 is 19.5 Å². The highest BCUT2D eigenvalue weighted by atomic mass is 31.2. The van der Waals surface area contributed by atoms with Crippen LogP contribution in [0.15, 0.2) is 0 Å². The van der Waals surface area contributed by atoms with Crippen LogP contribution in [0.4, 0.5) is 0 Å². The molecule has 0 aliphatic rings. The van der Waals surface area contributed by atoms with Crippen LogP contribution in [0.2, 0.25) is 0 Å². The van der Waals surface area contributed by atoms with Crippen LogP contribution in [0.1, 0.15) is 59.3 Å². The second kappa shape index (κ2) is 9.17. The van der Waals surface area contributed by atoms with Crippen LogP contribution in [-0.4, -0.2) is 27.2 Å². The van der Waals surface area contributed by atoms with Crippen LogP contribution in [0.3, 0.4) is 0 Å². The van der Waals surface area contributed by atoms with Crippen LogP contribution >= 0.6 is 7.60 Å². The number of aliphatic hydroxyl groups is 1. The highest BCUT2D eigenvalue weighted by Gasteiger charge is 2.42. The lowest BCUT2D eigenvalue weighted by Gasteiger charge is -2.32. The number of rotatable bonds is 7. The predicted octanol–water partition coefficient (Wildman–Crippen LogP) is 2.91. The molecule has 0 fully saturated rings. The van der Waals surface area contributed by atoms with Crippen LogP contribution in [0.5, 0.6) is 0 Å². The molecule has 3 N–H and O–H groups in total. The van der Waals surface area contributed by atoms with Gasteiger partial charge in [-0.15, -0.1) is 0 Å². The van der Waals surface area contributed by atoms with Gasteiger partial charge in [-0.25, -0.2) is 0 Å². The molecule has 0 heterocycles. The lowest BCUT2D eigenvalue weighted by atomic mass is 9.95. The second-order valence-corrected chi connectivity index (χ2v) is 5.97. The Morgan fingerprint density at radius 2 is 1.44 bits per heavy atom. The number of hydrogen-bond acceptors (Lipinski definition) is 2.